The van der Waals surface area contributed by atoms with Crippen molar-refractivity contribution in [2.75, 3.05) is 26.0 Å². The number of benzene rings is 1. The van der Waals surface area contributed by atoms with Crippen LogP contribution in [0.25, 0.3) is 0 Å². The highest BCUT2D eigenvalue weighted by atomic mass is 127. The van der Waals surface area contributed by atoms with Gasteiger partial charge in [-0.2, -0.15) is 0 Å². The molecule has 0 spiro atoms. The highest BCUT2D eigenvalue weighted by Gasteiger charge is 2.08. The first-order valence-electron chi connectivity index (χ1n) is 8.16. The predicted molar refractivity (Wildman–Crippen MR) is 114 cm³/mol. The number of rotatable bonds is 6. The van der Waals surface area contributed by atoms with Crippen LogP contribution in [-0.2, 0) is 13.1 Å². The van der Waals surface area contributed by atoms with Crippen molar-refractivity contribution in [2.45, 2.75) is 32.9 Å². The normalized spacial score (nSPS) is 11.2. The lowest BCUT2D eigenvalue weighted by Crippen LogP contribution is -2.36. The van der Waals surface area contributed by atoms with E-state index in [2.05, 4.69) is 63.8 Å². The van der Waals surface area contributed by atoms with Crippen molar-refractivity contribution in [2.24, 2.45) is 4.99 Å². The van der Waals surface area contributed by atoms with Gasteiger partial charge in [-0.25, -0.2) is 0 Å². The average molecular weight is 457 g/mol. The van der Waals surface area contributed by atoms with E-state index in [1.165, 1.54) is 11.3 Å². The summed E-state index contributed by atoms with van der Waals surface area (Å²) in [6.45, 7) is 5.45. The summed E-state index contributed by atoms with van der Waals surface area (Å²) in [5.41, 5.74) is 3.35. The number of anilines is 1. The second kappa shape index (κ2) is 10.3. The zero-order valence-corrected chi connectivity index (χ0v) is 17.9. The van der Waals surface area contributed by atoms with Crippen LogP contribution in [0.15, 0.2) is 39.8 Å². The minimum atomic E-state index is 0. The van der Waals surface area contributed by atoms with E-state index in [1.54, 1.807) is 7.05 Å². The molecule has 0 fully saturated rings. The van der Waals surface area contributed by atoms with Crippen molar-refractivity contribution < 1.29 is 4.52 Å². The number of nitrogens with zero attached hydrogens (tertiary/aromatic N) is 3. The smallest absolute Gasteiger partial charge is 0.191 e. The fourth-order valence-corrected chi connectivity index (χ4v) is 2.21. The highest BCUT2D eigenvalue weighted by molar-refractivity contribution is 14.0. The van der Waals surface area contributed by atoms with E-state index >= 15 is 0 Å². The molecular formula is C18H28IN5O. The molecule has 1 aromatic carbocycles. The van der Waals surface area contributed by atoms with Crippen LogP contribution in [0.3, 0.4) is 0 Å². The third-order valence-corrected chi connectivity index (χ3v) is 3.71. The minimum absolute atomic E-state index is 0. The largest absolute Gasteiger partial charge is 0.378 e. The second-order valence-electron chi connectivity index (χ2n) is 6.22. The number of guanidine groups is 1. The summed E-state index contributed by atoms with van der Waals surface area (Å²) in [6, 6.07) is 10.4. The molecule has 0 aliphatic heterocycles. The van der Waals surface area contributed by atoms with Crippen LogP contribution in [-0.4, -0.2) is 32.3 Å². The van der Waals surface area contributed by atoms with Gasteiger partial charge in [0.15, 0.2) is 11.7 Å². The molecule has 6 nitrogen and oxygen atoms in total. The molecule has 2 N–H and O–H groups in total. The molecule has 0 saturated heterocycles. The van der Waals surface area contributed by atoms with Gasteiger partial charge in [0.05, 0.1) is 12.2 Å². The van der Waals surface area contributed by atoms with E-state index in [1.807, 2.05) is 20.2 Å². The first-order valence-corrected chi connectivity index (χ1v) is 8.16. The standard InChI is InChI=1S/C18H27N5O.HI/c1-13(2)17-10-16(24-22-17)12-21-18(19-3)20-11-14-7-6-8-15(9-14)23(4)5;/h6-10,13H,11-12H2,1-5H3,(H2,19,20,21);1H. The molecule has 25 heavy (non-hydrogen) atoms. The molecule has 2 rings (SSSR count). The molecule has 0 unspecified atom stereocenters. The molecule has 2 aromatic rings. The predicted octanol–water partition coefficient (Wildman–Crippen LogP) is 3.35. The summed E-state index contributed by atoms with van der Waals surface area (Å²) in [6.07, 6.45) is 0. The number of hydrogen-bond donors (Lipinski definition) is 2. The van der Waals surface area contributed by atoms with Crippen LogP contribution in [0.4, 0.5) is 5.69 Å². The van der Waals surface area contributed by atoms with Crippen LogP contribution in [0.1, 0.15) is 36.8 Å². The van der Waals surface area contributed by atoms with Gasteiger partial charge < -0.3 is 20.1 Å². The highest BCUT2D eigenvalue weighted by Crippen LogP contribution is 2.14. The molecular weight excluding hydrogens is 429 g/mol. The number of aromatic nitrogens is 1. The van der Waals surface area contributed by atoms with E-state index in [4.69, 9.17) is 4.52 Å². The van der Waals surface area contributed by atoms with Crippen LogP contribution in [0.5, 0.6) is 0 Å². The molecule has 1 heterocycles. The van der Waals surface area contributed by atoms with E-state index < -0.39 is 0 Å². The monoisotopic (exact) mass is 457 g/mol. The Morgan fingerprint density at radius 3 is 2.52 bits per heavy atom. The number of hydrogen-bond acceptors (Lipinski definition) is 4. The Labute approximate surface area is 167 Å². The maximum Gasteiger partial charge on any atom is 0.191 e. The lowest BCUT2D eigenvalue weighted by atomic mass is 10.1. The van der Waals surface area contributed by atoms with Gasteiger partial charge in [0.2, 0.25) is 0 Å². The third kappa shape index (κ3) is 6.56. The van der Waals surface area contributed by atoms with E-state index in [0.29, 0.717) is 19.0 Å². The summed E-state index contributed by atoms with van der Waals surface area (Å²) in [5.74, 6) is 1.90. The molecule has 1 aromatic heterocycles. The fourth-order valence-electron chi connectivity index (χ4n) is 2.21. The molecule has 0 amide bonds. The van der Waals surface area contributed by atoms with Crippen LogP contribution >= 0.6 is 24.0 Å². The SMILES string of the molecule is CN=C(NCc1cccc(N(C)C)c1)NCc1cc(C(C)C)no1.I. The third-order valence-electron chi connectivity index (χ3n) is 3.71. The van der Waals surface area contributed by atoms with Crippen molar-refractivity contribution in [3.05, 3.63) is 47.3 Å². The molecule has 7 heteroatoms. The Bertz CT molecular complexity index is 682. The molecule has 138 valence electrons. The topological polar surface area (TPSA) is 65.7 Å². The Kier molecular flexibility index (Phi) is 8.74. The van der Waals surface area contributed by atoms with Crippen molar-refractivity contribution >= 4 is 35.6 Å². The van der Waals surface area contributed by atoms with Crippen molar-refractivity contribution in [3.8, 4) is 0 Å². The van der Waals surface area contributed by atoms with Gasteiger partial charge >= 0.3 is 0 Å². The average Bonchev–Trinajstić information content (AvgIpc) is 3.04. The second-order valence-corrected chi connectivity index (χ2v) is 6.22. The van der Waals surface area contributed by atoms with Gasteiger partial charge in [0.25, 0.3) is 0 Å². The summed E-state index contributed by atoms with van der Waals surface area (Å²) in [5, 5.41) is 10.6. The zero-order chi connectivity index (χ0) is 17.5. The summed E-state index contributed by atoms with van der Waals surface area (Å²) >= 11 is 0. The van der Waals surface area contributed by atoms with Gasteiger partial charge in [-0.1, -0.05) is 31.1 Å². The lowest BCUT2D eigenvalue weighted by Gasteiger charge is -2.15. The zero-order valence-electron chi connectivity index (χ0n) is 15.5. The maximum atomic E-state index is 5.32. The molecule has 0 aliphatic rings. The molecule has 0 radical (unpaired) electrons. The summed E-state index contributed by atoms with van der Waals surface area (Å²) in [4.78, 5) is 6.33. The first-order chi connectivity index (χ1) is 11.5. The summed E-state index contributed by atoms with van der Waals surface area (Å²) in [7, 11) is 5.83. The quantitative estimate of drug-likeness (QED) is 0.396. The molecule has 0 atom stereocenters. The number of nitrogens with one attached hydrogen (secondary N) is 2. The van der Waals surface area contributed by atoms with Crippen molar-refractivity contribution in [3.63, 3.8) is 0 Å². The van der Waals surface area contributed by atoms with Gasteiger partial charge in [-0.05, 0) is 23.6 Å². The molecule has 0 aliphatic carbocycles. The van der Waals surface area contributed by atoms with E-state index in [0.717, 1.165) is 17.4 Å². The van der Waals surface area contributed by atoms with Crippen molar-refractivity contribution in [1.29, 1.82) is 0 Å². The van der Waals surface area contributed by atoms with E-state index in [9.17, 15) is 0 Å². The van der Waals surface area contributed by atoms with E-state index in [-0.39, 0.29) is 24.0 Å². The lowest BCUT2D eigenvalue weighted by molar-refractivity contribution is 0.372. The van der Waals surface area contributed by atoms with Gasteiger partial charge in [-0.15, -0.1) is 24.0 Å². The number of halogens is 1. The van der Waals surface area contributed by atoms with Crippen LogP contribution < -0.4 is 15.5 Å². The fraction of sp³-hybridized carbons (Fsp3) is 0.444. The van der Waals surface area contributed by atoms with Crippen molar-refractivity contribution in [1.82, 2.24) is 15.8 Å². The Morgan fingerprint density at radius 1 is 1.20 bits per heavy atom. The minimum Gasteiger partial charge on any atom is -0.378 e. The Hall–Kier alpha value is -1.77. The maximum absolute atomic E-state index is 5.32. The van der Waals surface area contributed by atoms with Gasteiger partial charge in [0.1, 0.15) is 0 Å². The Balaban J connectivity index is 0.00000312. The Morgan fingerprint density at radius 2 is 1.92 bits per heavy atom. The first kappa shape index (κ1) is 21.3. The van der Waals surface area contributed by atoms with Crippen LogP contribution in [0, 0.1) is 0 Å². The summed E-state index contributed by atoms with van der Waals surface area (Å²) < 4.78 is 5.32. The number of aliphatic imine (C=N–C) groups is 1. The molecule has 0 bridgehead atoms. The van der Waals surface area contributed by atoms with Crippen LogP contribution in [0.2, 0.25) is 0 Å². The van der Waals surface area contributed by atoms with Gasteiger partial charge in [0, 0.05) is 39.4 Å². The van der Waals surface area contributed by atoms with Gasteiger partial charge in [-0.3, -0.25) is 4.99 Å². The molecule has 0 saturated carbocycles.